The molecular weight excluding hydrogens is 264 g/mol. The number of aromatic nitrogens is 1. The Morgan fingerprint density at radius 1 is 1.05 bits per heavy atom. The standard InChI is InChI=1S/C17H16N2S/c1-12-10-13(16-4-2-3-5-17(16)19-12)11-20-15-8-6-14(18)7-9-15/h2-10H,11,18H2,1H3. The molecular formula is C17H16N2S. The highest BCUT2D eigenvalue weighted by atomic mass is 32.2. The molecule has 0 amide bonds. The van der Waals surface area contributed by atoms with Gasteiger partial charge in [-0.3, -0.25) is 4.98 Å². The van der Waals surface area contributed by atoms with Crippen LogP contribution < -0.4 is 5.73 Å². The summed E-state index contributed by atoms with van der Waals surface area (Å²) in [6, 6.07) is 18.5. The summed E-state index contributed by atoms with van der Waals surface area (Å²) >= 11 is 1.82. The Labute approximate surface area is 123 Å². The minimum atomic E-state index is 0.805. The van der Waals surface area contributed by atoms with Crippen LogP contribution in [0.15, 0.2) is 59.5 Å². The third-order valence-electron chi connectivity index (χ3n) is 3.20. The van der Waals surface area contributed by atoms with Gasteiger partial charge < -0.3 is 5.73 Å². The Kier molecular flexibility index (Phi) is 3.61. The predicted molar refractivity (Wildman–Crippen MR) is 86.9 cm³/mol. The van der Waals surface area contributed by atoms with Crippen molar-refractivity contribution >= 4 is 28.4 Å². The summed E-state index contributed by atoms with van der Waals surface area (Å²) in [4.78, 5) is 5.81. The molecule has 3 aromatic rings. The fourth-order valence-electron chi connectivity index (χ4n) is 2.24. The highest BCUT2D eigenvalue weighted by Gasteiger charge is 2.04. The molecule has 0 spiro atoms. The van der Waals surface area contributed by atoms with Gasteiger partial charge in [-0.2, -0.15) is 0 Å². The number of fused-ring (bicyclic) bond motifs is 1. The number of pyridine rings is 1. The van der Waals surface area contributed by atoms with Crippen molar-refractivity contribution in [1.82, 2.24) is 4.98 Å². The summed E-state index contributed by atoms with van der Waals surface area (Å²) in [6.07, 6.45) is 0. The number of benzene rings is 2. The summed E-state index contributed by atoms with van der Waals surface area (Å²) in [5.41, 5.74) is 9.98. The van der Waals surface area contributed by atoms with E-state index in [1.54, 1.807) is 0 Å². The molecule has 0 fully saturated rings. The lowest BCUT2D eigenvalue weighted by Crippen LogP contribution is -1.90. The zero-order valence-corrected chi connectivity index (χ0v) is 12.2. The van der Waals surface area contributed by atoms with E-state index in [2.05, 4.69) is 41.4 Å². The summed E-state index contributed by atoms with van der Waals surface area (Å²) in [7, 11) is 0. The maximum Gasteiger partial charge on any atom is 0.0708 e. The minimum Gasteiger partial charge on any atom is -0.399 e. The van der Waals surface area contributed by atoms with Crippen LogP contribution in [-0.4, -0.2) is 4.98 Å². The fourth-order valence-corrected chi connectivity index (χ4v) is 3.13. The molecule has 2 nitrogen and oxygen atoms in total. The zero-order chi connectivity index (χ0) is 13.9. The minimum absolute atomic E-state index is 0.805. The van der Waals surface area contributed by atoms with Crippen LogP contribution in [0.25, 0.3) is 10.9 Å². The SMILES string of the molecule is Cc1cc(CSc2ccc(N)cc2)c2ccccc2n1. The number of para-hydroxylation sites is 1. The summed E-state index contributed by atoms with van der Waals surface area (Å²) < 4.78 is 0. The van der Waals surface area contributed by atoms with E-state index >= 15 is 0 Å². The number of hydrogen-bond acceptors (Lipinski definition) is 3. The van der Waals surface area contributed by atoms with Crippen molar-refractivity contribution in [1.29, 1.82) is 0 Å². The van der Waals surface area contributed by atoms with Crippen molar-refractivity contribution < 1.29 is 0 Å². The topological polar surface area (TPSA) is 38.9 Å². The van der Waals surface area contributed by atoms with Gasteiger partial charge in [0.05, 0.1) is 5.52 Å². The quantitative estimate of drug-likeness (QED) is 0.570. The smallest absolute Gasteiger partial charge is 0.0708 e. The number of nitrogens with zero attached hydrogens (tertiary/aromatic N) is 1. The Hall–Kier alpha value is -2.00. The molecule has 20 heavy (non-hydrogen) atoms. The van der Waals surface area contributed by atoms with Crippen LogP contribution in [0.2, 0.25) is 0 Å². The molecule has 0 radical (unpaired) electrons. The molecule has 2 N–H and O–H groups in total. The second-order valence-electron chi connectivity index (χ2n) is 4.80. The maximum atomic E-state index is 5.71. The lowest BCUT2D eigenvalue weighted by atomic mass is 10.1. The molecule has 100 valence electrons. The van der Waals surface area contributed by atoms with Gasteiger partial charge in [-0.05, 0) is 48.9 Å². The van der Waals surface area contributed by atoms with Crippen LogP contribution in [-0.2, 0) is 5.75 Å². The van der Waals surface area contributed by atoms with E-state index in [4.69, 9.17) is 5.73 Å². The van der Waals surface area contributed by atoms with E-state index in [1.807, 2.05) is 36.9 Å². The van der Waals surface area contributed by atoms with Gasteiger partial charge in [-0.25, -0.2) is 0 Å². The Balaban J connectivity index is 1.88. The number of aryl methyl sites for hydroxylation is 1. The lowest BCUT2D eigenvalue weighted by Gasteiger charge is -2.08. The molecule has 0 saturated heterocycles. The van der Waals surface area contributed by atoms with Crippen molar-refractivity contribution in [3.63, 3.8) is 0 Å². The van der Waals surface area contributed by atoms with E-state index in [0.29, 0.717) is 0 Å². The first-order chi connectivity index (χ1) is 9.72. The van der Waals surface area contributed by atoms with Gasteiger partial charge in [-0.1, -0.05) is 18.2 Å². The summed E-state index contributed by atoms with van der Waals surface area (Å²) in [6.45, 7) is 2.05. The zero-order valence-electron chi connectivity index (χ0n) is 11.3. The number of nitrogen functional groups attached to an aromatic ring is 1. The number of thioether (sulfide) groups is 1. The number of rotatable bonds is 3. The van der Waals surface area contributed by atoms with Gasteiger partial charge >= 0.3 is 0 Å². The molecule has 3 heteroatoms. The number of anilines is 1. The molecule has 1 aromatic heterocycles. The van der Waals surface area contributed by atoms with Crippen LogP contribution in [0, 0.1) is 6.92 Å². The van der Waals surface area contributed by atoms with Crippen LogP contribution >= 0.6 is 11.8 Å². The first kappa shape index (κ1) is 13.0. The molecule has 0 aliphatic rings. The Bertz CT molecular complexity index is 736. The average molecular weight is 280 g/mol. The molecule has 0 atom stereocenters. The van der Waals surface area contributed by atoms with Crippen LogP contribution in [0.3, 0.4) is 0 Å². The molecule has 3 rings (SSSR count). The molecule has 0 bridgehead atoms. The van der Waals surface area contributed by atoms with E-state index in [-0.39, 0.29) is 0 Å². The van der Waals surface area contributed by atoms with Crippen LogP contribution in [0.5, 0.6) is 0 Å². The van der Waals surface area contributed by atoms with E-state index < -0.39 is 0 Å². The Morgan fingerprint density at radius 2 is 1.80 bits per heavy atom. The summed E-state index contributed by atoms with van der Waals surface area (Å²) in [5, 5.41) is 1.24. The van der Waals surface area contributed by atoms with E-state index in [1.165, 1.54) is 15.8 Å². The molecule has 0 aliphatic carbocycles. The highest BCUT2D eigenvalue weighted by Crippen LogP contribution is 2.27. The predicted octanol–water partition coefficient (Wildman–Crippen LogP) is 4.42. The monoisotopic (exact) mass is 280 g/mol. The fraction of sp³-hybridized carbons (Fsp3) is 0.118. The van der Waals surface area contributed by atoms with Crippen LogP contribution in [0.4, 0.5) is 5.69 Å². The van der Waals surface area contributed by atoms with Crippen molar-refractivity contribution in [2.45, 2.75) is 17.6 Å². The molecule has 2 aromatic carbocycles. The van der Waals surface area contributed by atoms with Gasteiger partial charge in [0.25, 0.3) is 0 Å². The normalized spacial score (nSPS) is 10.8. The first-order valence-electron chi connectivity index (χ1n) is 6.56. The third-order valence-corrected chi connectivity index (χ3v) is 4.27. The third kappa shape index (κ3) is 2.78. The van der Waals surface area contributed by atoms with E-state index in [9.17, 15) is 0 Å². The summed E-state index contributed by atoms with van der Waals surface area (Å²) in [5.74, 6) is 0.938. The van der Waals surface area contributed by atoms with Gasteiger partial charge in [0.2, 0.25) is 0 Å². The first-order valence-corrected chi connectivity index (χ1v) is 7.54. The van der Waals surface area contributed by atoms with E-state index in [0.717, 1.165) is 22.7 Å². The van der Waals surface area contributed by atoms with Gasteiger partial charge in [0.15, 0.2) is 0 Å². The van der Waals surface area contributed by atoms with Crippen molar-refractivity contribution in [3.8, 4) is 0 Å². The van der Waals surface area contributed by atoms with Crippen molar-refractivity contribution in [3.05, 3.63) is 65.9 Å². The lowest BCUT2D eigenvalue weighted by molar-refractivity contribution is 1.23. The second kappa shape index (κ2) is 5.55. The average Bonchev–Trinajstić information content (AvgIpc) is 2.46. The Morgan fingerprint density at radius 3 is 2.60 bits per heavy atom. The maximum absolute atomic E-state index is 5.71. The molecule has 0 aliphatic heterocycles. The molecule has 1 heterocycles. The largest absolute Gasteiger partial charge is 0.399 e. The van der Waals surface area contributed by atoms with Crippen molar-refractivity contribution in [2.75, 3.05) is 5.73 Å². The van der Waals surface area contributed by atoms with Crippen molar-refractivity contribution in [2.24, 2.45) is 0 Å². The van der Waals surface area contributed by atoms with Gasteiger partial charge in [-0.15, -0.1) is 11.8 Å². The number of nitrogens with two attached hydrogens (primary N) is 1. The molecule has 0 saturated carbocycles. The second-order valence-corrected chi connectivity index (χ2v) is 5.85. The number of hydrogen-bond donors (Lipinski definition) is 1. The van der Waals surface area contributed by atoms with Gasteiger partial charge in [0, 0.05) is 27.4 Å². The molecule has 0 unspecified atom stereocenters. The van der Waals surface area contributed by atoms with Crippen LogP contribution in [0.1, 0.15) is 11.3 Å². The van der Waals surface area contributed by atoms with Gasteiger partial charge in [0.1, 0.15) is 0 Å². The highest BCUT2D eigenvalue weighted by molar-refractivity contribution is 7.98.